The van der Waals surface area contributed by atoms with Crippen molar-refractivity contribution in [3.63, 3.8) is 0 Å². The number of aryl methyl sites for hydroxylation is 1. The maximum atomic E-state index is 5.42. The lowest BCUT2D eigenvalue weighted by molar-refractivity contribution is 0.302. The van der Waals surface area contributed by atoms with E-state index in [0.717, 1.165) is 55.3 Å². The van der Waals surface area contributed by atoms with E-state index in [-0.39, 0.29) is 0 Å². The molecule has 4 heteroatoms. The molecule has 0 fully saturated rings. The van der Waals surface area contributed by atoms with E-state index in [2.05, 4.69) is 36.0 Å². The van der Waals surface area contributed by atoms with Gasteiger partial charge < -0.3 is 15.0 Å². The van der Waals surface area contributed by atoms with Crippen LogP contribution in [-0.2, 0) is 6.54 Å². The second-order valence-corrected chi connectivity index (χ2v) is 4.75. The van der Waals surface area contributed by atoms with Crippen molar-refractivity contribution < 1.29 is 4.74 Å². The van der Waals surface area contributed by atoms with Crippen molar-refractivity contribution in [1.82, 2.24) is 15.2 Å². The Labute approximate surface area is 117 Å². The van der Waals surface area contributed by atoms with Crippen LogP contribution in [0, 0.1) is 13.8 Å². The number of nitrogens with zero attached hydrogens (tertiary/aromatic N) is 2. The molecule has 0 aliphatic carbocycles. The summed E-state index contributed by atoms with van der Waals surface area (Å²) in [6, 6.07) is 0. The molecule has 0 aliphatic rings. The van der Waals surface area contributed by atoms with Crippen molar-refractivity contribution in [3.8, 4) is 5.75 Å². The lowest BCUT2D eigenvalue weighted by Gasteiger charge is -2.18. The summed E-state index contributed by atoms with van der Waals surface area (Å²) in [6.45, 7) is 13.6. The van der Waals surface area contributed by atoms with Crippen LogP contribution in [0.3, 0.4) is 0 Å². The average Bonchev–Trinajstić information content (AvgIpc) is 2.42. The first-order valence-corrected chi connectivity index (χ1v) is 7.06. The molecule has 0 atom stereocenters. The Morgan fingerprint density at radius 2 is 1.95 bits per heavy atom. The summed E-state index contributed by atoms with van der Waals surface area (Å²) < 4.78 is 5.42. The molecule has 0 saturated heterocycles. The van der Waals surface area contributed by atoms with E-state index in [1.165, 1.54) is 0 Å². The van der Waals surface area contributed by atoms with Gasteiger partial charge in [-0.25, -0.2) is 0 Å². The molecule has 0 radical (unpaired) electrons. The Bertz CT molecular complexity index is 389. The van der Waals surface area contributed by atoms with Gasteiger partial charge in [0.1, 0.15) is 5.75 Å². The van der Waals surface area contributed by atoms with Gasteiger partial charge in [0.2, 0.25) is 0 Å². The Morgan fingerprint density at radius 1 is 1.26 bits per heavy atom. The molecule has 0 amide bonds. The normalized spacial score (nSPS) is 11.1. The van der Waals surface area contributed by atoms with E-state index < -0.39 is 0 Å². The van der Waals surface area contributed by atoms with E-state index in [9.17, 15) is 0 Å². The van der Waals surface area contributed by atoms with Crippen LogP contribution in [0.5, 0.6) is 5.75 Å². The highest BCUT2D eigenvalue weighted by Gasteiger charge is 2.08. The van der Waals surface area contributed by atoms with Crippen LogP contribution >= 0.6 is 0 Å². The second-order valence-electron chi connectivity index (χ2n) is 4.75. The van der Waals surface area contributed by atoms with Crippen molar-refractivity contribution in [2.75, 3.05) is 33.3 Å². The van der Waals surface area contributed by atoms with Crippen LogP contribution in [0.1, 0.15) is 30.7 Å². The maximum absolute atomic E-state index is 5.42. The summed E-state index contributed by atoms with van der Waals surface area (Å²) in [6.07, 6.45) is 1.88. The van der Waals surface area contributed by atoms with Gasteiger partial charge >= 0.3 is 0 Å². The predicted octanol–water partition coefficient (Wildman–Crippen LogP) is 2.14. The first kappa shape index (κ1) is 15.9. The molecule has 0 aliphatic heterocycles. The van der Waals surface area contributed by atoms with Gasteiger partial charge in [0, 0.05) is 37.0 Å². The lowest BCUT2D eigenvalue weighted by atomic mass is 10.1. The molecule has 1 N–H and O–H groups in total. The fourth-order valence-corrected chi connectivity index (χ4v) is 2.23. The summed E-state index contributed by atoms with van der Waals surface area (Å²) in [4.78, 5) is 6.89. The molecule has 0 aromatic carbocycles. The van der Waals surface area contributed by atoms with Gasteiger partial charge in [0.05, 0.1) is 12.8 Å². The van der Waals surface area contributed by atoms with Crippen LogP contribution in [-0.4, -0.2) is 43.2 Å². The summed E-state index contributed by atoms with van der Waals surface area (Å²) in [5.74, 6) is 0.954. The summed E-state index contributed by atoms with van der Waals surface area (Å²) in [7, 11) is 1.72. The first-order chi connectivity index (χ1) is 9.13. The number of nitrogens with one attached hydrogen (secondary N) is 1. The zero-order valence-corrected chi connectivity index (χ0v) is 12.9. The Kier molecular flexibility index (Phi) is 6.81. The Morgan fingerprint density at radius 3 is 2.53 bits per heavy atom. The van der Waals surface area contributed by atoms with Crippen molar-refractivity contribution in [3.05, 3.63) is 23.0 Å². The number of aromatic nitrogens is 1. The molecule has 4 nitrogen and oxygen atoms in total. The number of ether oxygens (including phenoxy) is 1. The van der Waals surface area contributed by atoms with Gasteiger partial charge in [-0.2, -0.15) is 0 Å². The number of rotatable bonds is 8. The van der Waals surface area contributed by atoms with Gasteiger partial charge in [-0.1, -0.05) is 13.8 Å². The predicted molar refractivity (Wildman–Crippen MR) is 79.8 cm³/mol. The van der Waals surface area contributed by atoms with E-state index in [1.54, 1.807) is 7.11 Å². The monoisotopic (exact) mass is 265 g/mol. The minimum atomic E-state index is 0.795. The van der Waals surface area contributed by atoms with Crippen LogP contribution in [0.25, 0.3) is 0 Å². The van der Waals surface area contributed by atoms with Crippen molar-refractivity contribution in [2.45, 2.75) is 34.2 Å². The third-order valence-electron chi connectivity index (χ3n) is 3.54. The van der Waals surface area contributed by atoms with Crippen LogP contribution in [0.4, 0.5) is 0 Å². The van der Waals surface area contributed by atoms with E-state index in [1.807, 2.05) is 13.1 Å². The molecule has 1 aromatic rings. The Balaban J connectivity index is 2.50. The molecule has 1 heterocycles. The number of hydrogen-bond donors (Lipinski definition) is 1. The van der Waals surface area contributed by atoms with Crippen LogP contribution < -0.4 is 10.1 Å². The minimum absolute atomic E-state index is 0.795. The molecular formula is C15H27N3O. The highest BCUT2D eigenvalue weighted by molar-refractivity contribution is 5.40. The molecule has 0 saturated carbocycles. The van der Waals surface area contributed by atoms with Gasteiger partial charge in [-0.3, -0.25) is 4.98 Å². The molecule has 0 spiro atoms. The highest BCUT2D eigenvalue weighted by atomic mass is 16.5. The SMILES string of the molecule is CCN(CC)CCNCc1ncc(C)c(OC)c1C. The zero-order chi connectivity index (χ0) is 14.3. The summed E-state index contributed by atoms with van der Waals surface area (Å²) in [5.41, 5.74) is 3.30. The molecule has 0 unspecified atom stereocenters. The van der Waals surface area contributed by atoms with Gasteiger partial charge in [-0.05, 0) is 26.9 Å². The third-order valence-corrected chi connectivity index (χ3v) is 3.54. The molecule has 108 valence electrons. The fourth-order valence-electron chi connectivity index (χ4n) is 2.23. The van der Waals surface area contributed by atoms with Crippen molar-refractivity contribution in [1.29, 1.82) is 0 Å². The van der Waals surface area contributed by atoms with Gasteiger partial charge in [-0.15, -0.1) is 0 Å². The molecular weight excluding hydrogens is 238 g/mol. The standard InChI is InChI=1S/C15H27N3O/c1-6-18(7-2)9-8-16-11-14-13(4)15(19-5)12(3)10-17-14/h10,16H,6-9,11H2,1-5H3. The van der Waals surface area contributed by atoms with E-state index >= 15 is 0 Å². The summed E-state index contributed by atoms with van der Waals surface area (Å²) in [5, 5.41) is 3.45. The average molecular weight is 265 g/mol. The van der Waals surface area contributed by atoms with Gasteiger partial charge in [0.25, 0.3) is 0 Å². The first-order valence-electron chi connectivity index (χ1n) is 7.06. The fraction of sp³-hybridized carbons (Fsp3) is 0.667. The molecule has 0 bridgehead atoms. The maximum Gasteiger partial charge on any atom is 0.128 e. The highest BCUT2D eigenvalue weighted by Crippen LogP contribution is 2.23. The number of hydrogen-bond acceptors (Lipinski definition) is 4. The smallest absolute Gasteiger partial charge is 0.128 e. The van der Waals surface area contributed by atoms with Crippen LogP contribution in [0.2, 0.25) is 0 Å². The van der Waals surface area contributed by atoms with Crippen molar-refractivity contribution >= 4 is 0 Å². The van der Waals surface area contributed by atoms with E-state index in [4.69, 9.17) is 4.74 Å². The number of likely N-dealkylation sites (N-methyl/N-ethyl adjacent to an activating group) is 1. The molecule has 19 heavy (non-hydrogen) atoms. The van der Waals surface area contributed by atoms with Gasteiger partial charge in [0.15, 0.2) is 0 Å². The number of methoxy groups -OCH3 is 1. The lowest BCUT2D eigenvalue weighted by Crippen LogP contribution is -2.31. The Hall–Kier alpha value is -1.13. The summed E-state index contributed by atoms with van der Waals surface area (Å²) >= 11 is 0. The zero-order valence-electron chi connectivity index (χ0n) is 12.9. The topological polar surface area (TPSA) is 37.4 Å². The molecule has 1 rings (SSSR count). The largest absolute Gasteiger partial charge is 0.496 e. The van der Waals surface area contributed by atoms with Crippen molar-refractivity contribution in [2.24, 2.45) is 0 Å². The second kappa shape index (κ2) is 8.12. The van der Waals surface area contributed by atoms with Crippen LogP contribution in [0.15, 0.2) is 6.20 Å². The minimum Gasteiger partial charge on any atom is -0.496 e. The quantitative estimate of drug-likeness (QED) is 0.731. The molecule has 1 aromatic heterocycles. The third kappa shape index (κ3) is 4.48. The van der Waals surface area contributed by atoms with E-state index in [0.29, 0.717) is 0 Å². The number of pyridine rings is 1.